The number of fused-ring (bicyclic) bond motifs is 1. The number of H-pyrrole nitrogens is 2. The quantitative estimate of drug-likeness (QED) is 0.141. The number of ether oxygens (including phenoxy) is 3. The third-order valence-electron chi connectivity index (χ3n) is 11.6. The van der Waals surface area contributed by atoms with E-state index in [-0.39, 0.29) is 48.1 Å². The smallest absolute Gasteiger partial charge is 0.407 e. The molecule has 4 N–H and O–H groups in total. The van der Waals surface area contributed by atoms with Crippen LogP contribution < -0.4 is 15.4 Å². The number of imidazole rings is 2. The monoisotopic (exact) mass is 808 g/mol. The third-order valence-corrected chi connectivity index (χ3v) is 11.6. The molecule has 4 aromatic rings. The molecular weight excluding hydrogens is 757 g/mol. The van der Waals surface area contributed by atoms with Crippen LogP contribution in [0.5, 0.6) is 5.75 Å². The number of benzene rings is 2. The predicted octanol–water partition coefficient (Wildman–Crippen LogP) is 5.91. The van der Waals surface area contributed by atoms with Crippen molar-refractivity contribution in [3.63, 3.8) is 0 Å². The second-order valence-corrected chi connectivity index (χ2v) is 16.0. The number of hydrogen-bond donors (Lipinski definition) is 4. The number of likely N-dealkylation sites (tertiary alicyclic amines) is 2. The number of aromatic nitrogens is 4. The lowest BCUT2D eigenvalue weighted by molar-refractivity contribution is -0.136. The van der Waals surface area contributed by atoms with E-state index in [9.17, 15) is 24.0 Å². The van der Waals surface area contributed by atoms with Gasteiger partial charge in [0.2, 0.25) is 11.8 Å². The van der Waals surface area contributed by atoms with Crippen LogP contribution in [0, 0.1) is 11.8 Å². The molecule has 3 aliphatic rings. The molecule has 3 aliphatic heterocycles. The number of amides is 4. The van der Waals surface area contributed by atoms with Crippen molar-refractivity contribution in [1.29, 1.82) is 0 Å². The standard InChI is InChI=1S/C43H52N8O8/c1-23(2)35(48-42(55)57-5)40(53)50-17-7-9-32(50)38-44-20-30(46-38)26-13-11-25(12-14-26)29-22-59-34-19-27(15-16-28(34)37(29)52)31-21-45-39(47-31)33-10-8-18-51(33)41(54)36(24(3)4)49-43(56)58-6/h11-16,19-21,23-24,29,32-33,35-36H,7-10,17-18,22H2,1-6H3,(H,44,46)(H,45,47)(H,48,55)(H,49,56)/t29?,32-,33-,35-,36-/m0/s1. The van der Waals surface area contributed by atoms with Crippen LogP contribution in [0.15, 0.2) is 54.9 Å². The van der Waals surface area contributed by atoms with Gasteiger partial charge in [0.15, 0.2) is 5.78 Å². The van der Waals surface area contributed by atoms with Crippen molar-refractivity contribution in [2.75, 3.05) is 33.9 Å². The average Bonchev–Trinajstić information content (AvgIpc) is 4.08. The Hall–Kier alpha value is -6.19. The number of hydrogen-bond acceptors (Lipinski definition) is 10. The fourth-order valence-corrected chi connectivity index (χ4v) is 8.28. The van der Waals surface area contributed by atoms with Gasteiger partial charge in [0.25, 0.3) is 0 Å². The fourth-order valence-electron chi connectivity index (χ4n) is 8.28. The SMILES string of the molecule is COC(=O)N[C@H](C(=O)N1CCC[C@H]1c1ncc(-c2ccc(C3COc4cc(-c5cnc([C@@H]6CCCN6C(=O)[C@@H](NC(=O)OC)C(C)C)[nH]5)ccc4C3=O)cc2)[nH]1)C(C)C. The molecule has 2 saturated heterocycles. The number of methoxy groups -OCH3 is 2. The van der Waals surface area contributed by atoms with Gasteiger partial charge in [-0.15, -0.1) is 0 Å². The van der Waals surface area contributed by atoms with Crippen molar-refractivity contribution in [3.8, 4) is 28.3 Å². The molecule has 0 aliphatic carbocycles. The zero-order valence-electron chi connectivity index (χ0n) is 34.2. The van der Waals surface area contributed by atoms with Crippen molar-refractivity contribution in [2.45, 2.75) is 83.5 Å². The first-order valence-electron chi connectivity index (χ1n) is 20.2. The Labute approximate surface area is 342 Å². The number of aromatic amines is 2. The van der Waals surface area contributed by atoms with E-state index in [0.717, 1.165) is 53.8 Å². The van der Waals surface area contributed by atoms with Crippen LogP contribution in [-0.2, 0) is 19.1 Å². The van der Waals surface area contributed by atoms with Crippen LogP contribution >= 0.6 is 0 Å². The summed E-state index contributed by atoms with van der Waals surface area (Å²) in [5.74, 6) is 0.678. The Morgan fingerprint density at radius 1 is 0.746 bits per heavy atom. The van der Waals surface area contributed by atoms with Crippen molar-refractivity contribution in [3.05, 3.63) is 77.6 Å². The minimum Gasteiger partial charge on any atom is -0.492 e. The number of nitrogens with one attached hydrogen (secondary N) is 4. The Morgan fingerprint density at radius 2 is 1.24 bits per heavy atom. The highest BCUT2D eigenvalue weighted by atomic mass is 16.5. The van der Waals surface area contributed by atoms with Gasteiger partial charge >= 0.3 is 12.2 Å². The maximum absolute atomic E-state index is 13.8. The molecule has 16 heteroatoms. The molecule has 2 fully saturated rings. The summed E-state index contributed by atoms with van der Waals surface area (Å²) in [6, 6.07) is 11.3. The maximum Gasteiger partial charge on any atom is 0.407 e. The van der Waals surface area contributed by atoms with E-state index < -0.39 is 30.2 Å². The van der Waals surface area contributed by atoms with Crippen molar-refractivity contribution in [2.24, 2.45) is 11.8 Å². The molecule has 5 heterocycles. The minimum atomic E-state index is -0.726. The minimum absolute atomic E-state index is 0.0348. The topological polar surface area (TPSA) is 201 Å². The number of ketones is 1. The fraction of sp³-hybridized carbons (Fsp3) is 0.465. The first-order chi connectivity index (χ1) is 28.4. The average molecular weight is 809 g/mol. The van der Waals surface area contributed by atoms with Crippen LogP contribution in [0.2, 0.25) is 0 Å². The van der Waals surface area contributed by atoms with Crippen molar-refractivity contribution in [1.82, 2.24) is 40.4 Å². The van der Waals surface area contributed by atoms with Gasteiger partial charge in [-0.3, -0.25) is 14.4 Å². The Bertz CT molecular complexity index is 2200. The van der Waals surface area contributed by atoms with Crippen LogP contribution in [0.1, 0.15) is 99.0 Å². The van der Waals surface area contributed by atoms with Crippen molar-refractivity contribution >= 4 is 29.8 Å². The van der Waals surface area contributed by atoms with Gasteiger partial charge in [0.1, 0.15) is 36.1 Å². The summed E-state index contributed by atoms with van der Waals surface area (Å²) in [4.78, 5) is 84.5. The van der Waals surface area contributed by atoms with E-state index in [1.54, 1.807) is 28.3 Å². The lowest BCUT2D eigenvalue weighted by Gasteiger charge is -2.30. The van der Waals surface area contributed by atoms with E-state index in [0.29, 0.717) is 36.1 Å². The lowest BCUT2D eigenvalue weighted by atomic mass is 9.88. The van der Waals surface area contributed by atoms with Crippen LogP contribution in [0.3, 0.4) is 0 Å². The molecule has 4 amide bonds. The van der Waals surface area contributed by atoms with E-state index in [1.165, 1.54) is 14.2 Å². The number of carbonyl (C=O) groups excluding carboxylic acids is 5. The third kappa shape index (κ3) is 8.39. The predicted molar refractivity (Wildman–Crippen MR) is 216 cm³/mol. The molecule has 0 bridgehead atoms. The summed E-state index contributed by atoms with van der Waals surface area (Å²) in [5.41, 5.74) is 4.51. The van der Waals surface area contributed by atoms with E-state index in [1.807, 2.05) is 64.1 Å². The van der Waals surface area contributed by atoms with Gasteiger partial charge in [-0.2, -0.15) is 0 Å². The second kappa shape index (κ2) is 17.3. The number of alkyl carbamates (subject to hydrolysis) is 2. The zero-order chi connectivity index (χ0) is 42.0. The Morgan fingerprint density at radius 3 is 1.73 bits per heavy atom. The van der Waals surface area contributed by atoms with Crippen LogP contribution in [0.4, 0.5) is 9.59 Å². The molecule has 59 heavy (non-hydrogen) atoms. The van der Waals surface area contributed by atoms with E-state index >= 15 is 0 Å². The lowest BCUT2D eigenvalue weighted by Crippen LogP contribution is -2.51. The molecule has 0 spiro atoms. The van der Waals surface area contributed by atoms with Crippen LogP contribution in [-0.4, -0.2) is 106 Å². The van der Waals surface area contributed by atoms with Crippen LogP contribution in [0.25, 0.3) is 22.5 Å². The molecule has 2 aromatic carbocycles. The second-order valence-electron chi connectivity index (χ2n) is 16.0. The number of carbonyl (C=O) groups is 5. The first-order valence-corrected chi connectivity index (χ1v) is 20.2. The van der Waals surface area contributed by atoms with E-state index in [4.69, 9.17) is 14.2 Å². The first kappa shape index (κ1) is 41.0. The summed E-state index contributed by atoms with van der Waals surface area (Å²) in [5, 5.41) is 5.35. The highest BCUT2D eigenvalue weighted by Gasteiger charge is 2.39. The van der Waals surface area contributed by atoms with Gasteiger partial charge in [0, 0.05) is 18.7 Å². The number of Topliss-reactive ketones (excluding diaryl/α,β-unsaturated/α-hetero) is 1. The zero-order valence-corrected chi connectivity index (χ0v) is 34.2. The Balaban J connectivity index is 1.01. The maximum atomic E-state index is 13.8. The molecule has 0 radical (unpaired) electrons. The van der Waals surface area contributed by atoms with Gasteiger partial charge < -0.3 is 44.6 Å². The van der Waals surface area contributed by atoms with Gasteiger partial charge in [-0.05, 0) is 60.8 Å². The molecule has 7 rings (SSSR count). The largest absolute Gasteiger partial charge is 0.492 e. The summed E-state index contributed by atoms with van der Waals surface area (Å²) < 4.78 is 15.7. The summed E-state index contributed by atoms with van der Waals surface area (Å²) in [6.45, 7) is 8.82. The van der Waals surface area contributed by atoms with Crippen molar-refractivity contribution < 1.29 is 38.2 Å². The highest BCUT2D eigenvalue weighted by Crippen LogP contribution is 2.38. The summed E-state index contributed by atoms with van der Waals surface area (Å²) in [6.07, 6.45) is 5.28. The molecule has 0 saturated carbocycles. The molecular formula is C43H52N8O8. The normalized spacial score (nSPS) is 19.9. The number of rotatable bonds is 11. The highest BCUT2D eigenvalue weighted by molar-refractivity contribution is 6.04. The number of nitrogens with zero attached hydrogens (tertiary/aromatic N) is 4. The van der Waals surface area contributed by atoms with Gasteiger partial charge in [0.05, 0.1) is 61.6 Å². The van der Waals surface area contributed by atoms with Gasteiger partial charge in [-0.1, -0.05) is 58.0 Å². The van der Waals surface area contributed by atoms with E-state index in [2.05, 4.69) is 30.6 Å². The molecule has 312 valence electrons. The molecule has 1 unspecified atom stereocenters. The Kier molecular flexibility index (Phi) is 12.1. The van der Waals surface area contributed by atoms with Gasteiger partial charge in [-0.25, -0.2) is 19.6 Å². The molecule has 16 nitrogen and oxygen atoms in total. The molecule has 2 aromatic heterocycles. The summed E-state index contributed by atoms with van der Waals surface area (Å²) in [7, 11) is 2.55. The molecule has 5 atom stereocenters. The summed E-state index contributed by atoms with van der Waals surface area (Å²) >= 11 is 0.